The lowest BCUT2D eigenvalue weighted by atomic mass is 10.1. The van der Waals surface area contributed by atoms with Crippen molar-refractivity contribution in [2.75, 3.05) is 12.4 Å². The highest BCUT2D eigenvalue weighted by atomic mass is 16.5. The van der Waals surface area contributed by atoms with E-state index in [9.17, 15) is 9.59 Å². The Balaban J connectivity index is 1.79. The van der Waals surface area contributed by atoms with E-state index in [2.05, 4.69) is 5.32 Å². The summed E-state index contributed by atoms with van der Waals surface area (Å²) >= 11 is 0. The Kier molecular flexibility index (Phi) is 5.81. The number of rotatable bonds is 6. The number of aromatic nitrogens is 3. The highest BCUT2D eigenvalue weighted by Crippen LogP contribution is 2.25. The fraction of sp³-hybridized carbons (Fsp3) is 0.240. The Morgan fingerprint density at radius 2 is 1.75 bits per heavy atom. The van der Waals surface area contributed by atoms with Crippen molar-refractivity contribution in [2.24, 2.45) is 0 Å². The minimum atomic E-state index is -0.294. The van der Waals surface area contributed by atoms with Crippen molar-refractivity contribution in [1.29, 1.82) is 0 Å². The number of carbonyl (C=O) groups excluding carboxylic acids is 1. The Hall–Kier alpha value is -3.87. The van der Waals surface area contributed by atoms with Crippen LogP contribution in [-0.4, -0.2) is 27.4 Å². The molecule has 1 N–H and O–H groups in total. The smallest absolute Gasteiger partial charge is 0.252 e. The van der Waals surface area contributed by atoms with Crippen LogP contribution in [0, 0.1) is 13.8 Å². The summed E-state index contributed by atoms with van der Waals surface area (Å²) in [6.45, 7) is 5.84. The van der Waals surface area contributed by atoms with Crippen LogP contribution in [0.4, 0.5) is 5.69 Å². The minimum absolute atomic E-state index is 0.123. The van der Waals surface area contributed by atoms with Crippen LogP contribution in [0.2, 0.25) is 0 Å². The monoisotopic (exact) mass is 430 g/mol. The van der Waals surface area contributed by atoms with Crippen LogP contribution in [0.5, 0.6) is 5.75 Å². The topological polar surface area (TPSA) is 78.2 Å². The van der Waals surface area contributed by atoms with Crippen molar-refractivity contribution >= 4 is 22.6 Å². The SMILES string of the molecule is CCc1cc(=O)n(CC(=O)Nc2ccc(OC)cc2)c2c1c(C)nn2-c1ccc(C)cc1. The molecular weight excluding hydrogens is 404 g/mol. The Morgan fingerprint density at radius 1 is 1.06 bits per heavy atom. The van der Waals surface area contributed by atoms with Gasteiger partial charge < -0.3 is 10.1 Å². The van der Waals surface area contributed by atoms with Gasteiger partial charge in [0.1, 0.15) is 17.9 Å². The molecule has 0 saturated carbocycles. The van der Waals surface area contributed by atoms with E-state index in [0.717, 1.165) is 27.9 Å². The van der Waals surface area contributed by atoms with Crippen LogP contribution < -0.4 is 15.6 Å². The predicted octanol–water partition coefficient (Wildman–Crippen LogP) is 4.01. The second kappa shape index (κ2) is 8.70. The summed E-state index contributed by atoms with van der Waals surface area (Å²) in [5.41, 5.74) is 4.74. The first-order valence-electron chi connectivity index (χ1n) is 10.5. The van der Waals surface area contributed by atoms with Gasteiger partial charge in [-0.05, 0) is 62.2 Å². The summed E-state index contributed by atoms with van der Waals surface area (Å²) in [5.74, 6) is 0.408. The van der Waals surface area contributed by atoms with E-state index in [1.807, 2.05) is 45.0 Å². The molecular formula is C25H26N4O3. The fourth-order valence-electron chi connectivity index (χ4n) is 3.86. The van der Waals surface area contributed by atoms with E-state index >= 15 is 0 Å². The molecule has 7 heteroatoms. The van der Waals surface area contributed by atoms with Gasteiger partial charge in [-0.3, -0.25) is 14.2 Å². The fourth-order valence-corrected chi connectivity index (χ4v) is 3.86. The largest absolute Gasteiger partial charge is 0.497 e. The third kappa shape index (κ3) is 4.01. The van der Waals surface area contributed by atoms with Gasteiger partial charge in [-0.1, -0.05) is 24.6 Å². The molecule has 7 nitrogen and oxygen atoms in total. The van der Waals surface area contributed by atoms with Gasteiger partial charge in [0.15, 0.2) is 0 Å². The first kappa shape index (κ1) is 21.4. The summed E-state index contributed by atoms with van der Waals surface area (Å²) in [4.78, 5) is 25.9. The molecule has 0 aliphatic rings. The Morgan fingerprint density at radius 3 is 2.38 bits per heavy atom. The molecule has 164 valence electrons. The number of fused-ring (bicyclic) bond motifs is 1. The highest BCUT2D eigenvalue weighted by Gasteiger charge is 2.19. The maximum absolute atomic E-state index is 13.1. The Labute approximate surface area is 186 Å². The van der Waals surface area contributed by atoms with Gasteiger partial charge >= 0.3 is 0 Å². The number of nitrogens with zero attached hydrogens (tertiary/aromatic N) is 3. The minimum Gasteiger partial charge on any atom is -0.497 e. The molecule has 0 atom stereocenters. The van der Waals surface area contributed by atoms with Crippen molar-refractivity contribution in [1.82, 2.24) is 14.3 Å². The summed E-state index contributed by atoms with van der Waals surface area (Å²) in [6.07, 6.45) is 0.699. The number of benzene rings is 2. The number of amides is 1. The average molecular weight is 431 g/mol. The molecule has 0 radical (unpaired) electrons. The average Bonchev–Trinajstić information content (AvgIpc) is 3.13. The number of anilines is 1. The van der Waals surface area contributed by atoms with Crippen LogP contribution in [0.1, 0.15) is 23.7 Å². The van der Waals surface area contributed by atoms with Crippen molar-refractivity contribution in [2.45, 2.75) is 33.7 Å². The maximum Gasteiger partial charge on any atom is 0.252 e. The molecule has 2 aromatic heterocycles. The summed E-state index contributed by atoms with van der Waals surface area (Å²) in [6, 6.07) is 16.6. The molecule has 4 rings (SSSR count). The van der Waals surface area contributed by atoms with Crippen molar-refractivity contribution in [3.05, 3.63) is 81.8 Å². The van der Waals surface area contributed by atoms with Crippen molar-refractivity contribution < 1.29 is 9.53 Å². The first-order chi connectivity index (χ1) is 15.4. The second-order valence-corrected chi connectivity index (χ2v) is 7.76. The number of hydrogen-bond donors (Lipinski definition) is 1. The van der Waals surface area contributed by atoms with E-state index in [-0.39, 0.29) is 18.0 Å². The lowest BCUT2D eigenvalue weighted by Crippen LogP contribution is -2.29. The van der Waals surface area contributed by atoms with Gasteiger partial charge in [-0.25, -0.2) is 4.68 Å². The van der Waals surface area contributed by atoms with E-state index in [0.29, 0.717) is 23.5 Å². The molecule has 0 saturated heterocycles. The Bertz CT molecular complexity index is 1330. The molecule has 0 aliphatic heterocycles. The van der Waals surface area contributed by atoms with Crippen LogP contribution >= 0.6 is 0 Å². The third-order valence-electron chi connectivity index (χ3n) is 5.51. The van der Waals surface area contributed by atoms with Gasteiger partial charge in [0.05, 0.1) is 18.5 Å². The standard InChI is InChI=1S/C25H26N4O3/c1-5-18-14-23(31)28(15-22(30)26-19-8-12-21(32-4)13-9-19)25-24(18)17(3)27-29(25)20-10-6-16(2)7-11-20/h6-14H,5,15H2,1-4H3,(H,26,30). The lowest BCUT2D eigenvalue weighted by Gasteiger charge is -2.13. The number of methoxy groups -OCH3 is 1. The number of hydrogen-bond acceptors (Lipinski definition) is 4. The first-order valence-corrected chi connectivity index (χ1v) is 10.5. The van der Waals surface area contributed by atoms with Gasteiger partial charge in [-0.2, -0.15) is 5.10 Å². The van der Waals surface area contributed by atoms with E-state index in [4.69, 9.17) is 9.84 Å². The molecule has 0 bridgehead atoms. The normalized spacial score (nSPS) is 11.0. The summed E-state index contributed by atoms with van der Waals surface area (Å²) in [5, 5.41) is 8.48. The quantitative estimate of drug-likeness (QED) is 0.501. The third-order valence-corrected chi connectivity index (χ3v) is 5.51. The van der Waals surface area contributed by atoms with Gasteiger partial charge in [0.2, 0.25) is 5.91 Å². The zero-order chi connectivity index (χ0) is 22.8. The predicted molar refractivity (Wildman–Crippen MR) is 126 cm³/mol. The molecule has 2 heterocycles. The van der Waals surface area contributed by atoms with Gasteiger partial charge in [0.25, 0.3) is 5.56 Å². The van der Waals surface area contributed by atoms with Crippen LogP contribution in [-0.2, 0) is 17.8 Å². The van der Waals surface area contributed by atoms with Crippen molar-refractivity contribution in [3.8, 4) is 11.4 Å². The number of ether oxygens (including phenoxy) is 1. The number of nitrogens with one attached hydrogen (secondary N) is 1. The van der Waals surface area contributed by atoms with E-state index in [1.165, 1.54) is 4.57 Å². The maximum atomic E-state index is 13.1. The van der Waals surface area contributed by atoms with E-state index in [1.54, 1.807) is 42.1 Å². The van der Waals surface area contributed by atoms with Crippen LogP contribution in [0.15, 0.2) is 59.4 Å². The van der Waals surface area contributed by atoms with Crippen LogP contribution in [0.3, 0.4) is 0 Å². The number of aryl methyl sites for hydroxylation is 3. The number of pyridine rings is 1. The molecule has 0 spiro atoms. The molecule has 0 aliphatic carbocycles. The van der Waals surface area contributed by atoms with Crippen LogP contribution in [0.25, 0.3) is 16.7 Å². The van der Waals surface area contributed by atoms with Gasteiger partial charge in [-0.15, -0.1) is 0 Å². The van der Waals surface area contributed by atoms with Gasteiger partial charge in [0, 0.05) is 17.1 Å². The second-order valence-electron chi connectivity index (χ2n) is 7.76. The molecule has 32 heavy (non-hydrogen) atoms. The molecule has 0 unspecified atom stereocenters. The number of carbonyl (C=O) groups is 1. The molecule has 2 aromatic carbocycles. The van der Waals surface area contributed by atoms with Crippen molar-refractivity contribution in [3.63, 3.8) is 0 Å². The molecule has 1 amide bonds. The van der Waals surface area contributed by atoms with E-state index < -0.39 is 0 Å². The summed E-state index contributed by atoms with van der Waals surface area (Å²) in [7, 11) is 1.59. The summed E-state index contributed by atoms with van der Waals surface area (Å²) < 4.78 is 8.40. The zero-order valence-electron chi connectivity index (χ0n) is 18.7. The molecule has 4 aromatic rings. The highest BCUT2D eigenvalue weighted by molar-refractivity contribution is 5.92. The zero-order valence-corrected chi connectivity index (χ0v) is 18.7. The molecule has 0 fully saturated rings. The lowest BCUT2D eigenvalue weighted by molar-refractivity contribution is -0.116.